The Bertz CT molecular complexity index is 1170. The third-order valence-corrected chi connectivity index (χ3v) is 6.94. The number of benzene rings is 2. The normalized spacial score (nSPS) is 19.2. The molecule has 0 saturated carbocycles. The number of piperazine rings is 1. The second-order valence-electron chi connectivity index (χ2n) is 9.44. The molecule has 5 rings (SSSR count). The van der Waals surface area contributed by atoms with Gasteiger partial charge in [-0.15, -0.1) is 0 Å². The van der Waals surface area contributed by atoms with Gasteiger partial charge in [-0.3, -0.25) is 9.69 Å². The first-order valence-electron chi connectivity index (χ1n) is 12.2. The predicted octanol–water partition coefficient (Wildman–Crippen LogP) is 4.01. The number of hydrogen-bond acceptors (Lipinski definition) is 4. The fourth-order valence-electron chi connectivity index (χ4n) is 4.99. The van der Waals surface area contributed by atoms with E-state index in [1.165, 1.54) is 16.8 Å². The number of para-hydroxylation sites is 1. The molecule has 0 unspecified atom stereocenters. The standard InChI is InChI=1S/C28H33N5O/c1-22-7-6-10-27(17-22)32-16-15-31(19-23(32)2)28(34)21-30-13-11-24(12-14-30)25-18-29-33(20-25)26-8-4-3-5-9-26/h3-11,17-18,20,23H,12-16,19,21H2,1-2H3/t23-/m0/s1. The third-order valence-electron chi connectivity index (χ3n) is 6.94. The highest BCUT2D eigenvalue weighted by Crippen LogP contribution is 2.24. The molecule has 34 heavy (non-hydrogen) atoms. The van der Waals surface area contributed by atoms with E-state index in [0.29, 0.717) is 12.6 Å². The first kappa shape index (κ1) is 22.4. The Labute approximate surface area is 202 Å². The fraction of sp³-hybridized carbons (Fsp3) is 0.357. The second-order valence-corrected chi connectivity index (χ2v) is 9.44. The van der Waals surface area contributed by atoms with E-state index in [1.807, 2.05) is 34.0 Å². The van der Waals surface area contributed by atoms with Gasteiger partial charge in [0.15, 0.2) is 0 Å². The molecule has 2 aromatic carbocycles. The van der Waals surface area contributed by atoms with Crippen molar-refractivity contribution in [1.29, 1.82) is 0 Å². The molecular weight excluding hydrogens is 422 g/mol. The molecule has 0 bridgehead atoms. The van der Waals surface area contributed by atoms with Gasteiger partial charge >= 0.3 is 0 Å². The summed E-state index contributed by atoms with van der Waals surface area (Å²) in [5, 5.41) is 4.53. The van der Waals surface area contributed by atoms with Crippen LogP contribution in [-0.4, -0.2) is 70.8 Å². The number of nitrogens with zero attached hydrogens (tertiary/aromatic N) is 5. The average molecular weight is 456 g/mol. The molecule has 0 spiro atoms. The van der Waals surface area contributed by atoms with E-state index in [2.05, 4.69) is 77.4 Å². The number of rotatable bonds is 5. The summed E-state index contributed by atoms with van der Waals surface area (Å²) in [4.78, 5) is 19.8. The van der Waals surface area contributed by atoms with Crippen molar-refractivity contribution in [2.24, 2.45) is 0 Å². The van der Waals surface area contributed by atoms with Gasteiger partial charge in [-0.25, -0.2) is 4.68 Å². The smallest absolute Gasteiger partial charge is 0.236 e. The summed E-state index contributed by atoms with van der Waals surface area (Å²) in [6.45, 7) is 8.97. The minimum atomic E-state index is 0.240. The zero-order chi connectivity index (χ0) is 23.5. The summed E-state index contributed by atoms with van der Waals surface area (Å²) in [5.41, 5.74) is 6.06. The van der Waals surface area contributed by atoms with Crippen LogP contribution >= 0.6 is 0 Å². The van der Waals surface area contributed by atoms with Crippen LogP contribution in [0.25, 0.3) is 11.3 Å². The summed E-state index contributed by atoms with van der Waals surface area (Å²) < 4.78 is 1.92. The Morgan fingerprint density at radius 1 is 1.03 bits per heavy atom. The van der Waals surface area contributed by atoms with E-state index in [-0.39, 0.29) is 5.91 Å². The van der Waals surface area contributed by atoms with Crippen molar-refractivity contribution in [2.45, 2.75) is 26.3 Å². The molecular formula is C28H33N5O. The van der Waals surface area contributed by atoms with Gasteiger partial charge in [0.05, 0.1) is 18.4 Å². The topological polar surface area (TPSA) is 44.6 Å². The maximum absolute atomic E-state index is 13.1. The van der Waals surface area contributed by atoms with Crippen molar-refractivity contribution in [2.75, 3.05) is 44.2 Å². The Balaban J connectivity index is 1.15. The van der Waals surface area contributed by atoms with E-state index in [9.17, 15) is 4.79 Å². The number of amides is 1. The van der Waals surface area contributed by atoms with Gasteiger partial charge in [0, 0.05) is 56.2 Å². The Morgan fingerprint density at radius 3 is 2.59 bits per heavy atom. The number of hydrogen-bond donors (Lipinski definition) is 0. The predicted molar refractivity (Wildman–Crippen MR) is 137 cm³/mol. The lowest BCUT2D eigenvalue weighted by atomic mass is 10.0. The van der Waals surface area contributed by atoms with Crippen LogP contribution in [0.5, 0.6) is 0 Å². The van der Waals surface area contributed by atoms with Gasteiger partial charge < -0.3 is 9.80 Å². The third kappa shape index (κ3) is 4.92. The van der Waals surface area contributed by atoms with Crippen LogP contribution in [0.3, 0.4) is 0 Å². The summed E-state index contributed by atoms with van der Waals surface area (Å²) >= 11 is 0. The molecule has 1 aromatic heterocycles. The minimum absolute atomic E-state index is 0.240. The second kappa shape index (κ2) is 9.85. The van der Waals surface area contributed by atoms with Crippen LogP contribution in [0.4, 0.5) is 5.69 Å². The zero-order valence-electron chi connectivity index (χ0n) is 20.1. The number of carbonyl (C=O) groups excluding carboxylic acids is 1. The van der Waals surface area contributed by atoms with Crippen LogP contribution in [0.15, 0.2) is 73.1 Å². The van der Waals surface area contributed by atoms with E-state index < -0.39 is 0 Å². The minimum Gasteiger partial charge on any atom is -0.365 e. The highest BCUT2D eigenvalue weighted by atomic mass is 16.2. The van der Waals surface area contributed by atoms with Gasteiger partial charge in [-0.05, 0) is 55.7 Å². The molecule has 1 fully saturated rings. The Hall–Kier alpha value is -3.38. The SMILES string of the molecule is Cc1cccc(N2CCN(C(=O)CN3CC=C(c4cnn(-c5ccccc5)c4)CC3)C[C@@H]2C)c1. The van der Waals surface area contributed by atoms with Gasteiger partial charge in [0.1, 0.15) is 0 Å². The molecule has 2 aliphatic heterocycles. The van der Waals surface area contributed by atoms with Gasteiger partial charge in [0.2, 0.25) is 5.91 Å². The highest BCUT2D eigenvalue weighted by Gasteiger charge is 2.28. The lowest BCUT2D eigenvalue weighted by Gasteiger charge is -2.42. The number of aromatic nitrogens is 2. The van der Waals surface area contributed by atoms with E-state index in [1.54, 1.807) is 0 Å². The van der Waals surface area contributed by atoms with Gasteiger partial charge in [-0.1, -0.05) is 36.4 Å². The Kier molecular flexibility index (Phi) is 6.50. The van der Waals surface area contributed by atoms with Crippen LogP contribution in [0, 0.1) is 6.92 Å². The van der Waals surface area contributed by atoms with Crippen molar-refractivity contribution in [3.63, 3.8) is 0 Å². The number of anilines is 1. The average Bonchev–Trinajstić information content (AvgIpc) is 3.35. The lowest BCUT2D eigenvalue weighted by Crippen LogP contribution is -2.55. The maximum atomic E-state index is 13.1. The first-order valence-corrected chi connectivity index (χ1v) is 12.2. The highest BCUT2D eigenvalue weighted by molar-refractivity contribution is 5.79. The fourth-order valence-corrected chi connectivity index (χ4v) is 4.99. The van der Waals surface area contributed by atoms with Gasteiger partial charge in [0.25, 0.3) is 0 Å². The zero-order valence-corrected chi connectivity index (χ0v) is 20.1. The first-order chi connectivity index (χ1) is 16.6. The van der Waals surface area contributed by atoms with Crippen molar-refractivity contribution in [3.8, 4) is 5.69 Å². The molecule has 176 valence electrons. The molecule has 1 atom stereocenters. The molecule has 2 aliphatic rings. The molecule has 3 heterocycles. The van der Waals surface area contributed by atoms with E-state index >= 15 is 0 Å². The lowest BCUT2D eigenvalue weighted by molar-refractivity contribution is -0.133. The summed E-state index contributed by atoms with van der Waals surface area (Å²) in [6.07, 6.45) is 7.22. The molecule has 0 radical (unpaired) electrons. The quantitative estimate of drug-likeness (QED) is 0.583. The van der Waals surface area contributed by atoms with E-state index in [0.717, 1.165) is 50.4 Å². The molecule has 0 aliphatic carbocycles. The molecule has 1 saturated heterocycles. The molecule has 1 amide bonds. The van der Waals surface area contributed by atoms with Crippen LogP contribution in [0.2, 0.25) is 0 Å². The molecule has 0 N–H and O–H groups in total. The van der Waals surface area contributed by atoms with Gasteiger partial charge in [-0.2, -0.15) is 5.10 Å². The summed E-state index contributed by atoms with van der Waals surface area (Å²) in [7, 11) is 0. The Morgan fingerprint density at radius 2 is 1.85 bits per heavy atom. The van der Waals surface area contributed by atoms with Crippen molar-refractivity contribution in [3.05, 3.63) is 84.2 Å². The molecule has 6 heteroatoms. The monoisotopic (exact) mass is 455 g/mol. The summed E-state index contributed by atoms with van der Waals surface area (Å²) in [5.74, 6) is 0.240. The maximum Gasteiger partial charge on any atom is 0.236 e. The van der Waals surface area contributed by atoms with Crippen LogP contribution in [0.1, 0.15) is 24.5 Å². The van der Waals surface area contributed by atoms with Crippen LogP contribution in [-0.2, 0) is 4.79 Å². The largest absolute Gasteiger partial charge is 0.365 e. The molecule has 3 aromatic rings. The van der Waals surface area contributed by atoms with Crippen molar-refractivity contribution >= 4 is 17.2 Å². The number of carbonyl (C=O) groups is 1. The van der Waals surface area contributed by atoms with Crippen LogP contribution < -0.4 is 4.90 Å². The molecule has 6 nitrogen and oxygen atoms in total. The van der Waals surface area contributed by atoms with E-state index in [4.69, 9.17) is 0 Å². The van der Waals surface area contributed by atoms with Crippen molar-refractivity contribution < 1.29 is 4.79 Å². The van der Waals surface area contributed by atoms with Crippen molar-refractivity contribution in [1.82, 2.24) is 19.6 Å². The number of aryl methyl sites for hydroxylation is 1. The summed E-state index contributed by atoms with van der Waals surface area (Å²) in [6, 6.07) is 19.1.